The van der Waals surface area contributed by atoms with Gasteiger partial charge in [0.05, 0.1) is 10.8 Å². The first kappa shape index (κ1) is 26.4. The molecule has 0 spiro atoms. The number of phenolic OH excluding ortho intramolecular Hbond substituents is 1. The van der Waals surface area contributed by atoms with Crippen LogP contribution in [0.5, 0.6) is 5.75 Å². The monoisotopic (exact) mass is 435 g/mol. The van der Waals surface area contributed by atoms with Gasteiger partial charge in [0.15, 0.2) is 0 Å². The smallest absolute Gasteiger partial charge is 0.243 e. The van der Waals surface area contributed by atoms with Crippen LogP contribution in [0.25, 0.3) is 0 Å². The van der Waals surface area contributed by atoms with Gasteiger partial charge in [-0.1, -0.05) is 59.4 Å². The van der Waals surface area contributed by atoms with Crippen molar-refractivity contribution >= 4 is 15.9 Å². The standard InChI is InChI=1S/C21H31N2O4S.2CH2/c24-19-12-8-13-20(15-19)28(26,27)23-14-7-6-11-18(23)16-22-21(25)17-9-4-2-1-3-5-10-17;;/h8,12-13,15,18,24H,1-7,9-11,14,16H2,(H,22,25);2*1H2. The number of carbonyl (C=O) groups is 1. The minimum absolute atomic E-state index is 0. The van der Waals surface area contributed by atoms with Crippen molar-refractivity contribution in [1.29, 1.82) is 0 Å². The number of nitrogens with zero attached hydrogens (tertiary/aromatic N) is 1. The third-order valence-electron chi connectivity index (χ3n) is 5.77. The Morgan fingerprint density at radius 2 is 1.70 bits per heavy atom. The molecule has 1 aliphatic carbocycles. The average molecular weight is 436 g/mol. The fourth-order valence-electron chi connectivity index (χ4n) is 4.17. The topological polar surface area (TPSA) is 86.7 Å². The van der Waals surface area contributed by atoms with Crippen LogP contribution in [0.3, 0.4) is 0 Å². The van der Waals surface area contributed by atoms with Crippen molar-refractivity contribution in [2.75, 3.05) is 13.1 Å². The zero-order valence-electron chi connectivity index (χ0n) is 17.8. The van der Waals surface area contributed by atoms with E-state index in [4.69, 9.17) is 0 Å². The van der Waals surface area contributed by atoms with Gasteiger partial charge in [-0.25, -0.2) is 8.42 Å². The molecule has 1 amide bonds. The number of sulfonamides is 1. The van der Waals surface area contributed by atoms with Crippen molar-refractivity contribution in [1.82, 2.24) is 9.62 Å². The summed E-state index contributed by atoms with van der Waals surface area (Å²) in [4.78, 5) is 12.7. The highest BCUT2D eigenvalue weighted by atomic mass is 32.2. The summed E-state index contributed by atoms with van der Waals surface area (Å²) >= 11 is 0. The molecule has 1 aromatic carbocycles. The van der Waals surface area contributed by atoms with E-state index in [1.165, 1.54) is 47.8 Å². The van der Waals surface area contributed by atoms with Gasteiger partial charge in [0, 0.05) is 19.1 Å². The van der Waals surface area contributed by atoms with Crippen molar-refractivity contribution < 1.29 is 18.3 Å². The highest BCUT2D eigenvalue weighted by Gasteiger charge is 2.34. The summed E-state index contributed by atoms with van der Waals surface area (Å²) in [5.41, 5.74) is 0. The minimum atomic E-state index is -3.70. The minimum Gasteiger partial charge on any atom is -0.508 e. The first-order valence-corrected chi connectivity index (χ1v) is 11.9. The number of phenols is 1. The Morgan fingerprint density at radius 1 is 1.03 bits per heavy atom. The Labute approximate surface area is 183 Å². The maximum Gasteiger partial charge on any atom is 0.243 e. The number of benzene rings is 1. The highest BCUT2D eigenvalue weighted by Crippen LogP contribution is 2.28. The van der Waals surface area contributed by atoms with E-state index in [9.17, 15) is 18.3 Å². The van der Waals surface area contributed by atoms with Crippen molar-refractivity contribution in [3.8, 4) is 5.75 Å². The lowest BCUT2D eigenvalue weighted by atomic mass is 9.90. The fraction of sp³-hybridized carbons (Fsp3) is 0.565. The van der Waals surface area contributed by atoms with Crippen molar-refractivity contribution in [2.24, 2.45) is 0 Å². The normalized spacial score (nSPS) is 21.4. The SMILES string of the molecule is O=C(NCC1CCCCN1S(=O)(=O)c1cccc(O)c1)[C]1CCCCCCC1.[CH2].[CH2]. The molecule has 0 bridgehead atoms. The first-order chi connectivity index (χ1) is 13.5. The van der Waals surface area contributed by atoms with E-state index < -0.39 is 10.0 Å². The molecule has 1 atom stereocenters. The Kier molecular flexibility index (Phi) is 10.8. The van der Waals surface area contributed by atoms with Gasteiger partial charge >= 0.3 is 0 Å². The molecule has 30 heavy (non-hydrogen) atoms. The van der Waals surface area contributed by atoms with Gasteiger partial charge in [0.1, 0.15) is 5.75 Å². The van der Waals surface area contributed by atoms with Gasteiger partial charge in [-0.3, -0.25) is 4.79 Å². The van der Waals surface area contributed by atoms with Crippen LogP contribution in [0.4, 0.5) is 0 Å². The summed E-state index contributed by atoms with van der Waals surface area (Å²) in [5.74, 6) is 0.878. The lowest BCUT2D eigenvalue weighted by molar-refractivity contribution is -0.120. The van der Waals surface area contributed by atoms with Gasteiger partial charge < -0.3 is 10.4 Å². The summed E-state index contributed by atoms with van der Waals surface area (Å²) in [5, 5.41) is 12.7. The number of carbonyl (C=O) groups excluding carboxylic acids is 1. The number of amides is 1. The molecule has 5 radical (unpaired) electrons. The molecule has 1 aliphatic heterocycles. The zero-order chi connectivity index (χ0) is 20.0. The Bertz CT molecular complexity index is 758. The molecular weight excluding hydrogens is 400 g/mol. The van der Waals surface area contributed by atoms with Gasteiger partial charge in [0.2, 0.25) is 15.9 Å². The molecule has 6 nitrogen and oxygen atoms in total. The second-order valence-electron chi connectivity index (χ2n) is 7.84. The molecule has 0 aromatic heterocycles. The lowest BCUT2D eigenvalue weighted by Crippen LogP contribution is -2.49. The van der Waals surface area contributed by atoms with Gasteiger partial charge in [-0.15, -0.1) is 0 Å². The molecule has 167 valence electrons. The van der Waals surface area contributed by atoms with Gasteiger partial charge in [0.25, 0.3) is 0 Å². The number of piperidine rings is 1. The molecule has 2 aliphatic rings. The summed E-state index contributed by atoms with van der Waals surface area (Å²) in [6, 6.07) is 5.53. The quantitative estimate of drug-likeness (QED) is 0.731. The van der Waals surface area contributed by atoms with E-state index in [-0.39, 0.29) is 37.4 Å². The van der Waals surface area contributed by atoms with E-state index in [1.807, 2.05) is 0 Å². The average Bonchev–Trinajstić information content (AvgIpc) is 2.66. The van der Waals surface area contributed by atoms with E-state index in [1.54, 1.807) is 0 Å². The third-order valence-corrected chi connectivity index (χ3v) is 7.72. The van der Waals surface area contributed by atoms with E-state index in [0.29, 0.717) is 13.1 Å². The van der Waals surface area contributed by atoms with Crippen molar-refractivity contribution in [3.63, 3.8) is 0 Å². The number of hydrogen-bond donors (Lipinski definition) is 2. The lowest BCUT2D eigenvalue weighted by Gasteiger charge is -2.35. The number of hydrogen-bond acceptors (Lipinski definition) is 4. The molecule has 1 heterocycles. The maximum atomic E-state index is 13.1. The third kappa shape index (κ3) is 6.71. The molecule has 3 rings (SSSR count). The maximum absolute atomic E-state index is 13.1. The van der Waals surface area contributed by atoms with Crippen LogP contribution in [0.1, 0.15) is 64.2 Å². The second-order valence-corrected chi connectivity index (χ2v) is 9.73. The predicted molar refractivity (Wildman–Crippen MR) is 119 cm³/mol. The van der Waals surface area contributed by atoms with Crippen LogP contribution >= 0.6 is 0 Å². The molecular formula is C23H35N2O4S. The molecule has 7 heteroatoms. The molecule has 2 N–H and O–H groups in total. The summed E-state index contributed by atoms with van der Waals surface area (Å²) < 4.78 is 27.6. The van der Waals surface area contributed by atoms with E-state index in [2.05, 4.69) is 5.32 Å². The van der Waals surface area contributed by atoms with Crippen LogP contribution in [-0.2, 0) is 14.8 Å². The predicted octanol–water partition coefficient (Wildman–Crippen LogP) is 4.02. The Hall–Kier alpha value is -1.60. The van der Waals surface area contributed by atoms with E-state index >= 15 is 0 Å². The molecule has 1 unspecified atom stereocenters. The summed E-state index contributed by atoms with van der Waals surface area (Å²) in [6.45, 7) is 0.773. The summed E-state index contributed by atoms with van der Waals surface area (Å²) in [6.07, 6.45) is 9.90. The van der Waals surface area contributed by atoms with Crippen LogP contribution < -0.4 is 5.32 Å². The number of aromatic hydroxyl groups is 1. The first-order valence-electron chi connectivity index (χ1n) is 10.4. The summed E-state index contributed by atoms with van der Waals surface area (Å²) in [7, 11) is -3.70. The van der Waals surface area contributed by atoms with Crippen molar-refractivity contribution in [3.05, 3.63) is 45.0 Å². The Balaban J connectivity index is 0.00000225. The van der Waals surface area contributed by atoms with Gasteiger partial charge in [-0.2, -0.15) is 4.31 Å². The molecule has 1 saturated carbocycles. The largest absolute Gasteiger partial charge is 0.508 e. The number of rotatable bonds is 5. The number of nitrogens with one attached hydrogen (secondary N) is 1. The Morgan fingerprint density at radius 3 is 2.37 bits per heavy atom. The van der Waals surface area contributed by atoms with Gasteiger partial charge in [-0.05, 0) is 43.9 Å². The van der Waals surface area contributed by atoms with Crippen LogP contribution in [-0.4, -0.2) is 42.9 Å². The van der Waals surface area contributed by atoms with Crippen molar-refractivity contribution in [2.45, 2.75) is 75.1 Å². The molecule has 1 saturated heterocycles. The van der Waals surface area contributed by atoms with E-state index in [0.717, 1.165) is 50.9 Å². The molecule has 2 fully saturated rings. The zero-order valence-corrected chi connectivity index (χ0v) is 18.6. The highest BCUT2D eigenvalue weighted by molar-refractivity contribution is 7.89. The van der Waals surface area contributed by atoms with Crippen LogP contribution in [0, 0.1) is 20.8 Å². The fourth-order valence-corrected chi connectivity index (χ4v) is 5.90. The van der Waals surface area contributed by atoms with Crippen LogP contribution in [0.15, 0.2) is 29.2 Å². The van der Waals surface area contributed by atoms with Crippen LogP contribution in [0.2, 0.25) is 0 Å². The second kappa shape index (κ2) is 12.3. The molecule has 1 aromatic rings.